The summed E-state index contributed by atoms with van der Waals surface area (Å²) in [5.41, 5.74) is 8.17. The van der Waals surface area contributed by atoms with Crippen LogP contribution in [0.2, 0.25) is 0 Å². The number of nitrogens with zero attached hydrogens (tertiary/aromatic N) is 4. The molecule has 0 aromatic carbocycles. The number of aromatic amines is 1. The predicted molar refractivity (Wildman–Crippen MR) is 82.4 cm³/mol. The van der Waals surface area contributed by atoms with Crippen molar-refractivity contribution in [1.29, 1.82) is 0 Å². The molecule has 0 aliphatic heterocycles. The summed E-state index contributed by atoms with van der Waals surface area (Å²) in [4.78, 5) is 9.01. The third-order valence-corrected chi connectivity index (χ3v) is 4.22. The van der Waals surface area contributed by atoms with Gasteiger partial charge in [0.15, 0.2) is 0 Å². The smallest absolute Gasteiger partial charge is 0.214 e. The van der Waals surface area contributed by atoms with Crippen LogP contribution in [0.1, 0.15) is 24.9 Å². The summed E-state index contributed by atoms with van der Waals surface area (Å²) in [6.07, 6.45) is 3.74. The molecule has 6 nitrogen and oxygen atoms in total. The molecule has 0 bridgehead atoms. The van der Waals surface area contributed by atoms with Gasteiger partial charge in [0.05, 0.1) is 5.69 Å². The fourth-order valence-electron chi connectivity index (χ4n) is 2.14. The van der Waals surface area contributed by atoms with E-state index in [2.05, 4.69) is 31.5 Å². The molecule has 21 heavy (non-hydrogen) atoms. The van der Waals surface area contributed by atoms with E-state index in [1.807, 2.05) is 31.3 Å². The zero-order valence-corrected chi connectivity index (χ0v) is 12.9. The lowest BCUT2D eigenvalue weighted by atomic mass is 10.1. The van der Waals surface area contributed by atoms with Crippen molar-refractivity contribution in [3.63, 3.8) is 0 Å². The number of pyridine rings is 1. The van der Waals surface area contributed by atoms with E-state index in [0.717, 1.165) is 35.0 Å². The normalized spacial score (nSPS) is 12.9. The minimum Gasteiger partial charge on any atom is -0.327 e. The molecule has 0 saturated carbocycles. The molecule has 3 aromatic heterocycles. The number of imidazole rings is 1. The molecule has 3 N–H and O–H groups in total. The lowest BCUT2D eigenvalue weighted by molar-refractivity contribution is 0.627. The van der Waals surface area contributed by atoms with Crippen LogP contribution in [0, 0.1) is 6.92 Å². The number of nitrogens with two attached hydrogens (primary N) is 1. The molecule has 1 atom stereocenters. The maximum Gasteiger partial charge on any atom is 0.214 e. The standard InChI is InChI=1S/C14H18N6S/c1-3-10(15)8-11-13(21-14-16-9(2)18-19-14)17-12-6-4-5-7-20(11)12/h4-7,10H,3,8,15H2,1-2H3,(H,16,18,19). The van der Waals surface area contributed by atoms with Crippen LogP contribution in [-0.2, 0) is 6.42 Å². The molecule has 7 heteroatoms. The quantitative estimate of drug-likeness (QED) is 0.754. The Hall–Kier alpha value is -1.86. The Labute approximate surface area is 127 Å². The van der Waals surface area contributed by atoms with Crippen molar-refractivity contribution in [2.75, 3.05) is 0 Å². The largest absolute Gasteiger partial charge is 0.327 e. The number of fused-ring (bicyclic) bond motifs is 1. The lowest BCUT2D eigenvalue weighted by Gasteiger charge is -2.09. The van der Waals surface area contributed by atoms with E-state index in [9.17, 15) is 0 Å². The Bertz CT molecular complexity index is 747. The molecule has 0 radical (unpaired) electrons. The van der Waals surface area contributed by atoms with Gasteiger partial charge in [0.25, 0.3) is 0 Å². The van der Waals surface area contributed by atoms with Crippen molar-refractivity contribution < 1.29 is 0 Å². The molecule has 0 saturated heterocycles. The third kappa shape index (κ3) is 2.93. The molecule has 3 aromatic rings. The van der Waals surface area contributed by atoms with E-state index in [1.54, 1.807) is 0 Å². The van der Waals surface area contributed by atoms with E-state index >= 15 is 0 Å². The van der Waals surface area contributed by atoms with Gasteiger partial charge in [-0.1, -0.05) is 13.0 Å². The van der Waals surface area contributed by atoms with E-state index in [-0.39, 0.29) is 6.04 Å². The van der Waals surface area contributed by atoms with E-state index in [1.165, 1.54) is 11.8 Å². The molecule has 0 aliphatic carbocycles. The topological polar surface area (TPSA) is 84.9 Å². The Kier molecular flexibility index (Phi) is 3.94. The molecule has 3 heterocycles. The number of aromatic nitrogens is 5. The van der Waals surface area contributed by atoms with Gasteiger partial charge in [0, 0.05) is 18.7 Å². The summed E-state index contributed by atoms with van der Waals surface area (Å²) in [6, 6.07) is 6.10. The lowest BCUT2D eigenvalue weighted by Crippen LogP contribution is -2.22. The summed E-state index contributed by atoms with van der Waals surface area (Å²) in [6.45, 7) is 3.98. The predicted octanol–water partition coefficient (Wildman–Crippen LogP) is 2.19. The van der Waals surface area contributed by atoms with Crippen LogP contribution in [0.4, 0.5) is 0 Å². The van der Waals surface area contributed by atoms with Gasteiger partial charge in [-0.05, 0) is 37.2 Å². The highest BCUT2D eigenvalue weighted by atomic mass is 32.2. The van der Waals surface area contributed by atoms with Gasteiger partial charge in [-0.2, -0.15) is 0 Å². The summed E-state index contributed by atoms with van der Waals surface area (Å²) >= 11 is 1.47. The second-order valence-electron chi connectivity index (χ2n) is 4.97. The van der Waals surface area contributed by atoms with Crippen LogP contribution in [0.25, 0.3) is 5.65 Å². The summed E-state index contributed by atoms with van der Waals surface area (Å²) < 4.78 is 2.09. The van der Waals surface area contributed by atoms with Crippen molar-refractivity contribution in [2.24, 2.45) is 5.73 Å². The zero-order chi connectivity index (χ0) is 14.8. The highest BCUT2D eigenvalue weighted by Crippen LogP contribution is 2.29. The zero-order valence-electron chi connectivity index (χ0n) is 12.1. The van der Waals surface area contributed by atoms with E-state index in [0.29, 0.717) is 5.16 Å². The highest BCUT2D eigenvalue weighted by molar-refractivity contribution is 7.99. The van der Waals surface area contributed by atoms with Gasteiger partial charge in [0.1, 0.15) is 16.5 Å². The van der Waals surface area contributed by atoms with Gasteiger partial charge in [-0.3, -0.25) is 5.10 Å². The van der Waals surface area contributed by atoms with Crippen LogP contribution >= 0.6 is 11.8 Å². The Morgan fingerprint density at radius 1 is 1.38 bits per heavy atom. The maximum atomic E-state index is 6.13. The molecule has 0 aliphatic rings. The molecule has 1 unspecified atom stereocenters. The average Bonchev–Trinajstić information content (AvgIpc) is 3.04. The second kappa shape index (κ2) is 5.87. The van der Waals surface area contributed by atoms with Crippen molar-refractivity contribution in [2.45, 2.75) is 42.9 Å². The fraction of sp³-hybridized carbons (Fsp3) is 0.357. The van der Waals surface area contributed by atoms with Crippen molar-refractivity contribution >= 4 is 17.4 Å². The number of aryl methyl sites for hydroxylation is 1. The average molecular weight is 302 g/mol. The molecule has 0 spiro atoms. The first kappa shape index (κ1) is 14.1. The number of hydrogen-bond acceptors (Lipinski definition) is 5. The van der Waals surface area contributed by atoms with Gasteiger partial charge in [-0.25, -0.2) is 9.97 Å². The number of nitrogens with one attached hydrogen (secondary N) is 1. The Balaban J connectivity index is 2.01. The minimum absolute atomic E-state index is 0.123. The number of rotatable bonds is 5. The molecular weight excluding hydrogens is 284 g/mol. The van der Waals surface area contributed by atoms with Crippen LogP contribution in [0.5, 0.6) is 0 Å². The monoisotopic (exact) mass is 302 g/mol. The van der Waals surface area contributed by atoms with Gasteiger partial charge < -0.3 is 10.1 Å². The first-order chi connectivity index (χ1) is 10.2. The van der Waals surface area contributed by atoms with E-state index < -0.39 is 0 Å². The fourth-order valence-corrected chi connectivity index (χ4v) is 3.02. The molecule has 110 valence electrons. The number of hydrogen-bond donors (Lipinski definition) is 2. The van der Waals surface area contributed by atoms with E-state index in [4.69, 9.17) is 5.73 Å². The summed E-state index contributed by atoms with van der Waals surface area (Å²) in [7, 11) is 0. The van der Waals surface area contributed by atoms with Gasteiger partial charge in [-0.15, -0.1) is 5.10 Å². The molecule has 3 rings (SSSR count). The number of H-pyrrole nitrogens is 1. The molecule has 0 amide bonds. The Morgan fingerprint density at radius 3 is 2.95 bits per heavy atom. The first-order valence-corrected chi connectivity index (χ1v) is 7.77. The van der Waals surface area contributed by atoms with Gasteiger partial charge >= 0.3 is 0 Å². The van der Waals surface area contributed by atoms with Crippen LogP contribution in [0.3, 0.4) is 0 Å². The third-order valence-electron chi connectivity index (χ3n) is 3.34. The highest BCUT2D eigenvalue weighted by Gasteiger charge is 2.17. The first-order valence-electron chi connectivity index (χ1n) is 6.95. The van der Waals surface area contributed by atoms with Crippen LogP contribution < -0.4 is 5.73 Å². The minimum atomic E-state index is 0.123. The summed E-state index contributed by atoms with van der Waals surface area (Å²) in [5, 5.41) is 8.62. The SMILES string of the molecule is CCC(N)Cc1c(Sc2n[nH]c(C)n2)nc2ccccn12. The van der Waals surface area contributed by atoms with Crippen LogP contribution in [0.15, 0.2) is 34.6 Å². The van der Waals surface area contributed by atoms with Crippen molar-refractivity contribution in [3.8, 4) is 0 Å². The summed E-state index contributed by atoms with van der Waals surface area (Å²) in [5.74, 6) is 0.799. The van der Waals surface area contributed by atoms with Gasteiger partial charge in [0.2, 0.25) is 5.16 Å². The van der Waals surface area contributed by atoms with Crippen molar-refractivity contribution in [1.82, 2.24) is 24.6 Å². The second-order valence-corrected chi connectivity index (χ2v) is 5.93. The maximum absolute atomic E-state index is 6.13. The molecule has 0 fully saturated rings. The Morgan fingerprint density at radius 2 is 2.24 bits per heavy atom. The van der Waals surface area contributed by atoms with Crippen LogP contribution in [-0.4, -0.2) is 30.6 Å². The molecular formula is C14H18N6S. The van der Waals surface area contributed by atoms with Crippen molar-refractivity contribution in [3.05, 3.63) is 35.9 Å².